The molecule has 15 heavy (non-hydrogen) atoms. The number of thioether (sulfide) groups is 1. The summed E-state index contributed by atoms with van der Waals surface area (Å²) < 4.78 is 0. The van der Waals surface area contributed by atoms with E-state index in [1.165, 1.54) is 12.8 Å². The van der Waals surface area contributed by atoms with Crippen molar-refractivity contribution >= 4 is 17.7 Å². The largest absolute Gasteiger partial charge is 0.341 e. The van der Waals surface area contributed by atoms with E-state index in [4.69, 9.17) is 5.84 Å². The Morgan fingerprint density at radius 1 is 1.67 bits per heavy atom. The third kappa shape index (κ3) is 3.91. The molecule has 1 atom stereocenters. The number of nitrogens with one attached hydrogen (secondary N) is 1. The van der Waals surface area contributed by atoms with Crippen molar-refractivity contribution in [3.63, 3.8) is 0 Å². The van der Waals surface area contributed by atoms with Crippen LogP contribution in [0.25, 0.3) is 0 Å². The maximum Gasteiger partial charge on any atom is 0.208 e. The van der Waals surface area contributed by atoms with Crippen molar-refractivity contribution in [1.29, 1.82) is 0 Å². The van der Waals surface area contributed by atoms with Gasteiger partial charge in [-0.15, -0.1) is 0 Å². The zero-order chi connectivity index (χ0) is 11.3. The van der Waals surface area contributed by atoms with Gasteiger partial charge in [-0.1, -0.05) is 6.92 Å². The van der Waals surface area contributed by atoms with Gasteiger partial charge in [-0.3, -0.25) is 5.43 Å². The highest BCUT2D eigenvalue weighted by molar-refractivity contribution is 7.98. The molecule has 88 valence electrons. The topological polar surface area (TPSA) is 53.6 Å². The minimum Gasteiger partial charge on any atom is -0.341 e. The highest BCUT2D eigenvalue weighted by Gasteiger charge is 2.23. The first-order valence-electron chi connectivity index (χ1n) is 5.49. The monoisotopic (exact) mass is 230 g/mol. The molecule has 0 aromatic rings. The molecule has 0 spiro atoms. The summed E-state index contributed by atoms with van der Waals surface area (Å²) in [4.78, 5) is 6.72. The van der Waals surface area contributed by atoms with Crippen LogP contribution in [0.15, 0.2) is 4.99 Å². The normalized spacial score (nSPS) is 18.8. The van der Waals surface area contributed by atoms with Crippen molar-refractivity contribution in [2.75, 3.05) is 19.1 Å². The Hall–Kier alpha value is -0.420. The number of nitrogens with two attached hydrogens (primary N) is 1. The van der Waals surface area contributed by atoms with Crippen LogP contribution in [-0.2, 0) is 0 Å². The summed E-state index contributed by atoms with van der Waals surface area (Å²) in [5.41, 5.74) is 2.71. The molecule has 0 aliphatic heterocycles. The number of hydrogen-bond donors (Lipinski definition) is 2. The Bertz CT molecular complexity index is 215. The molecule has 1 rings (SSSR count). The fourth-order valence-corrected chi connectivity index (χ4v) is 2.32. The fraction of sp³-hybridized carbons (Fsp3) is 0.900. The molecule has 1 fully saturated rings. The molecule has 0 amide bonds. The molecule has 0 bridgehead atoms. The number of rotatable bonds is 5. The van der Waals surface area contributed by atoms with Crippen molar-refractivity contribution in [3.05, 3.63) is 0 Å². The van der Waals surface area contributed by atoms with Gasteiger partial charge in [-0.2, -0.15) is 11.8 Å². The Kier molecular flexibility index (Phi) is 5.25. The van der Waals surface area contributed by atoms with E-state index in [9.17, 15) is 0 Å². The smallest absolute Gasteiger partial charge is 0.208 e. The quantitative estimate of drug-likeness (QED) is 0.321. The van der Waals surface area contributed by atoms with Gasteiger partial charge in [0.25, 0.3) is 0 Å². The molecule has 1 aliphatic rings. The van der Waals surface area contributed by atoms with Crippen LogP contribution >= 0.6 is 11.8 Å². The number of guanidine groups is 1. The summed E-state index contributed by atoms with van der Waals surface area (Å²) in [6, 6.07) is 1.01. The Balaban J connectivity index is 2.56. The first-order chi connectivity index (χ1) is 7.22. The van der Waals surface area contributed by atoms with Crippen molar-refractivity contribution in [2.24, 2.45) is 10.8 Å². The van der Waals surface area contributed by atoms with Crippen molar-refractivity contribution in [2.45, 2.75) is 38.3 Å². The SMILES string of the molecule is CCC(CSC)N(C)C(=NC1CC1)NN. The lowest BCUT2D eigenvalue weighted by molar-refractivity contribution is 0.372. The molecular formula is C10H22N4S. The highest BCUT2D eigenvalue weighted by Crippen LogP contribution is 2.24. The minimum absolute atomic E-state index is 0.505. The molecule has 0 saturated heterocycles. The second-order valence-corrected chi connectivity index (χ2v) is 4.87. The zero-order valence-corrected chi connectivity index (χ0v) is 10.7. The Morgan fingerprint density at radius 3 is 2.73 bits per heavy atom. The predicted molar refractivity (Wildman–Crippen MR) is 68.0 cm³/mol. The van der Waals surface area contributed by atoms with Gasteiger partial charge in [-0.25, -0.2) is 10.8 Å². The minimum atomic E-state index is 0.505. The van der Waals surface area contributed by atoms with Crippen molar-refractivity contribution in [1.82, 2.24) is 10.3 Å². The lowest BCUT2D eigenvalue weighted by atomic mass is 10.2. The summed E-state index contributed by atoms with van der Waals surface area (Å²) in [6.07, 6.45) is 5.66. The number of hydrogen-bond acceptors (Lipinski definition) is 3. The van der Waals surface area contributed by atoms with E-state index in [-0.39, 0.29) is 0 Å². The van der Waals surface area contributed by atoms with Crippen LogP contribution in [0.3, 0.4) is 0 Å². The molecule has 0 heterocycles. The molecule has 1 aliphatic carbocycles. The number of hydrazine groups is 1. The molecule has 4 nitrogen and oxygen atoms in total. The van der Waals surface area contributed by atoms with E-state index in [0.29, 0.717) is 12.1 Å². The van der Waals surface area contributed by atoms with Crippen molar-refractivity contribution < 1.29 is 0 Å². The summed E-state index contributed by atoms with van der Waals surface area (Å²) in [5.74, 6) is 7.45. The zero-order valence-electron chi connectivity index (χ0n) is 9.86. The first kappa shape index (κ1) is 12.6. The summed E-state index contributed by atoms with van der Waals surface area (Å²) in [5, 5.41) is 0. The second kappa shape index (κ2) is 6.23. The average Bonchev–Trinajstić information content (AvgIpc) is 3.05. The van der Waals surface area contributed by atoms with Crippen LogP contribution in [0.1, 0.15) is 26.2 Å². The van der Waals surface area contributed by atoms with Gasteiger partial charge in [0.2, 0.25) is 5.96 Å². The molecule has 0 radical (unpaired) electrons. The van der Waals surface area contributed by atoms with Crippen LogP contribution in [0.5, 0.6) is 0 Å². The Labute approximate surface area is 96.7 Å². The predicted octanol–water partition coefficient (Wildman–Crippen LogP) is 1.04. The van der Waals surface area contributed by atoms with Crippen LogP contribution in [0, 0.1) is 0 Å². The lowest BCUT2D eigenvalue weighted by Gasteiger charge is -2.29. The van der Waals surface area contributed by atoms with E-state index in [1.54, 1.807) is 0 Å². The van der Waals surface area contributed by atoms with Gasteiger partial charge in [0.1, 0.15) is 0 Å². The molecule has 1 saturated carbocycles. The van der Waals surface area contributed by atoms with E-state index >= 15 is 0 Å². The van der Waals surface area contributed by atoms with Gasteiger partial charge < -0.3 is 4.90 Å². The van der Waals surface area contributed by atoms with Gasteiger partial charge in [0.15, 0.2) is 0 Å². The maximum absolute atomic E-state index is 5.51. The molecule has 0 aromatic heterocycles. The standard InChI is InChI=1S/C10H22N4S/c1-4-9(7-15-3)14(2)10(13-11)12-8-5-6-8/h8-9H,4-7,11H2,1-3H3,(H,12,13). The molecule has 0 aromatic carbocycles. The number of aliphatic imine (C=N–C) groups is 1. The fourth-order valence-electron chi connectivity index (χ4n) is 1.48. The molecule has 3 N–H and O–H groups in total. The molecule has 1 unspecified atom stereocenters. The average molecular weight is 230 g/mol. The third-order valence-electron chi connectivity index (χ3n) is 2.69. The van der Waals surface area contributed by atoms with E-state index < -0.39 is 0 Å². The number of nitrogens with zero attached hydrogens (tertiary/aromatic N) is 2. The van der Waals surface area contributed by atoms with Crippen LogP contribution in [0.2, 0.25) is 0 Å². The lowest BCUT2D eigenvalue weighted by Crippen LogP contribution is -2.48. The molecular weight excluding hydrogens is 208 g/mol. The van der Waals surface area contributed by atoms with Gasteiger partial charge >= 0.3 is 0 Å². The van der Waals surface area contributed by atoms with Crippen LogP contribution in [-0.4, -0.2) is 42.0 Å². The molecule has 5 heteroatoms. The van der Waals surface area contributed by atoms with Crippen LogP contribution < -0.4 is 11.3 Å². The summed E-state index contributed by atoms with van der Waals surface area (Å²) in [6.45, 7) is 2.20. The summed E-state index contributed by atoms with van der Waals surface area (Å²) in [7, 11) is 2.06. The maximum atomic E-state index is 5.51. The van der Waals surface area contributed by atoms with E-state index in [2.05, 4.69) is 35.5 Å². The van der Waals surface area contributed by atoms with Gasteiger partial charge in [0.05, 0.1) is 6.04 Å². The van der Waals surface area contributed by atoms with E-state index in [1.807, 2.05) is 11.8 Å². The van der Waals surface area contributed by atoms with E-state index in [0.717, 1.165) is 18.1 Å². The van der Waals surface area contributed by atoms with Gasteiger partial charge in [-0.05, 0) is 25.5 Å². The third-order valence-corrected chi connectivity index (χ3v) is 3.41. The summed E-state index contributed by atoms with van der Waals surface area (Å²) >= 11 is 1.86. The Morgan fingerprint density at radius 2 is 2.33 bits per heavy atom. The van der Waals surface area contributed by atoms with Crippen molar-refractivity contribution in [3.8, 4) is 0 Å². The first-order valence-corrected chi connectivity index (χ1v) is 6.88. The highest BCUT2D eigenvalue weighted by atomic mass is 32.2. The van der Waals surface area contributed by atoms with Crippen LogP contribution in [0.4, 0.5) is 0 Å². The second-order valence-electron chi connectivity index (χ2n) is 3.96. The van der Waals surface area contributed by atoms with Gasteiger partial charge in [0, 0.05) is 18.8 Å².